The molecule has 0 bridgehead atoms. The maximum atomic E-state index is 11.8. The third kappa shape index (κ3) is 6.92. The molecule has 3 nitrogen and oxygen atoms in total. The molecule has 0 amide bonds. The summed E-state index contributed by atoms with van der Waals surface area (Å²) in [5, 5.41) is 0.113. The number of carbonyl (C=O) groups excluding carboxylic acids is 1. The zero-order valence-corrected chi connectivity index (χ0v) is 14.8. The van der Waals surface area contributed by atoms with Gasteiger partial charge >= 0.3 is 5.97 Å². The van der Waals surface area contributed by atoms with Crippen LogP contribution in [0.15, 0.2) is 12.7 Å². The Balaban J connectivity index is 4.62. The van der Waals surface area contributed by atoms with Crippen molar-refractivity contribution in [2.45, 2.75) is 77.8 Å². The van der Waals surface area contributed by atoms with Gasteiger partial charge in [0.15, 0.2) is 8.32 Å². The minimum absolute atomic E-state index is 0.113. The summed E-state index contributed by atoms with van der Waals surface area (Å²) in [5.74, 6) is -0.240. The molecule has 1 atom stereocenters. The second kappa shape index (κ2) is 6.22. The molecule has 0 unspecified atom stereocenters. The first-order valence-corrected chi connectivity index (χ1v) is 9.71. The van der Waals surface area contributed by atoms with Crippen LogP contribution in [0.5, 0.6) is 0 Å². The SMILES string of the molecule is C=C[C@@H](CC(=O)OC(C)(C)C)O[Si](C)(C)C(C)(C)C. The van der Waals surface area contributed by atoms with Crippen molar-refractivity contribution in [1.29, 1.82) is 0 Å². The van der Waals surface area contributed by atoms with Gasteiger partial charge in [0.25, 0.3) is 0 Å². The second-order valence-corrected chi connectivity index (χ2v) is 12.2. The lowest BCUT2D eigenvalue weighted by molar-refractivity contribution is -0.156. The van der Waals surface area contributed by atoms with E-state index in [0.29, 0.717) is 0 Å². The molecule has 0 rings (SSSR count). The van der Waals surface area contributed by atoms with Crippen molar-refractivity contribution in [3.8, 4) is 0 Å². The normalized spacial score (nSPS) is 14.9. The highest BCUT2D eigenvalue weighted by Gasteiger charge is 2.39. The molecule has 0 aromatic rings. The molecule has 0 saturated carbocycles. The quantitative estimate of drug-likeness (QED) is 0.429. The Morgan fingerprint density at radius 1 is 1.21 bits per heavy atom. The topological polar surface area (TPSA) is 35.5 Å². The molecular weight excluding hydrogens is 256 g/mol. The third-order valence-corrected chi connectivity index (χ3v) is 7.81. The van der Waals surface area contributed by atoms with Gasteiger partial charge in [-0.3, -0.25) is 4.79 Å². The predicted molar refractivity (Wildman–Crippen MR) is 82.7 cm³/mol. The molecule has 0 N–H and O–H groups in total. The van der Waals surface area contributed by atoms with Crippen LogP contribution in [-0.2, 0) is 14.0 Å². The number of hydrogen-bond donors (Lipinski definition) is 0. The summed E-state index contributed by atoms with van der Waals surface area (Å²) in [4.78, 5) is 11.8. The van der Waals surface area contributed by atoms with Gasteiger partial charge < -0.3 is 9.16 Å². The highest BCUT2D eigenvalue weighted by atomic mass is 28.4. The van der Waals surface area contributed by atoms with Crippen LogP contribution in [0, 0.1) is 0 Å². The Morgan fingerprint density at radius 3 is 2.00 bits per heavy atom. The van der Waals surface area contributed by atoms with Crippen LogP contribution >= 0.6 is 0 Å². The van der Waals surface area contributed by atoms with Crippen molar-refractivity contribution >= 4 is 14.3 Å². The first-order chi connectivity index (χ1) is 8.28. The zero-order valence-electron chi connectivity index (χ0n) is 13.8. The number of rotatable bonds is 5. The smallest absolute Gasteiger partial charge is 0.309 e. The highest BCUT2D eigenvalue weighted by Crippen LogP contribution is 2.37. The Hall–Kier alpha value is -0.613. The monoisotopic (exact) mass is 286 g/mol. The number of carbonyl (C=O) groups is 1. The van der Waals surface area contributed by atoms with Gasteiger partial charge in [0.05, 0.1) is 12.5 Å². The minimum Gasteiger partial charge on any atom is -0.460 e. The molecule has 0 saturated heterocycles. The number of hydrogen-bond acceptors (Lipinski definition) is 3. The first-order valence-electron chi connectivity index (χ1n) is 6.81. The Kier molecular flexibility index (Phi) is 6.02. The molecule has 0 aromatic carbocycles. The van der Waals surface area contributed by atoms with Gasteiger partial charge in [-0.1, -0.05) is 26.8 Å². The first kappa shape index (κ1) is 18.4. The van der Waals surface area contributed by atoms with Crippen LogP contribution in [0.2, 0.25) is 18.1 Å². The van der Waals surface area contributed by atoms with Crippen molar-refractivity contribution in [3.63, 3.8) is 0 Å². The van der Waals surface area contributed by atoms with E-state index in [1.165, 1.54) is 0 Å². The van der Waals surface area contributed by atoms with Crippen LogP contribution in [0.1, 0.15) is 48.0 Å². The Labute approximate surface area is 119 Å². The summed E-state index contributed by atoms with van der Waals surface area (Å²) < 4.78 is 11.5. The summed E-state index contributed by atoms with van der Waals surface area (Å²) in [6.07, 6.45) is 1.66. The lowest BCUT2D eigenvalue weighted by Crippen LogP contribution is -2.44. The van der Waals surface area contributed by atoms with Gasteiger partial charge in [-0.05, 0) is 38.9 Å². The molecule has 0 fully saturated rings. The van der Waals surface area contributed by atoms with E-state index in [1.54, 1.807) is 6.08 Å². The van der Waals surface area contributed by atoms with Gasteiger partial charge in [0.1, 0.15) is 5.60 Å². The maximum Gasteiger partial charge on any atom is 0.309 e. The molecule has 112 valence electrons. The molecule has 0 aromatic heterocycles. The fraction of sp³-hybridized carbons (Fsp3) is 0.800. The van der Waals surface area contributed by atoms with Crippen molar-refractivity contribution < 1.29 is 14.0 Å². The van der Waals surface area contributed by atoms with E-state index in [1.807, 2.05) is 20.8 Å². The van der Waals surface area contributed by atoms with E-state index in [-0.39, 0.29) is 23.5 Å². The summed E-state index contributed by atoms with van der Waals surface area (Å²) in [5.41, 5.74) is -0.459. The van der Waals surface area contributed by atoms with Crippen LogP contribution in [0.4, 0.5) is 0 Å². The fourth-order valence-corrected chi connectivity index (χ4v) is 2.57. The average molecular weight is 286 g/mol. The predicted octanol–water partition coefficient (Wildman–Crippen LogP) is 4.29. The third-order valence-electron chi connectivity index (χ3n) is 3.30. The van der Waals surface area contributed by atoms with Crippen LogP contribution in [-0.4, -0.2) is 26.0 Å². The van der Waals surface area contributed by atoms with E-state index in [0.717, 1.165) is 0 Å². The largest absolute Gasteiger partial charge is 0.460 e. The minimum atomic E-state index is -1.89. The van der Waals surface area contributed by atoms with Crippen LogP contribution < -0.4 is 0 Å². The van der Waals surface area contributed by atoms with Gasteiger partial charge in [-0.25, -0.2) is 0 Å². The van der Waals surface area contributed by atoms with Gasteiger partial charge in [-0.2, -0.15) is 0 Å². The zero-order chi connectivity index (χ0) is 15.5. The Bertz CT molecular complexity index is 321. The highest BCUT2D eigenvalue weighted by molar-refractivity contribution is 6.74. The van der Waals surface area contributed by atoms with E-state index in [9.17, 15) is 4.79 Å². The van der Waals surface area contributed by atoms with Crippen molar-refractivity contribution in [1.82, 2.24) is 0 Å². The van der Waals surface area contributed by atoms with Crippen molar-refractivity contribution in [3.05, 3.63) is 12.7 Å². The molecular formula is C15H30O3Si. The Morgan fingerprint density at radius 2 is 1.68 bits per heavy atom. The molecule has 0 aliphatic carbocycles. The maximum absolute atomic E-state index is 11.8. The summed E-state index contributed by atoms with van der Waals surface area (Å²) in [7, 11) is -1.89. The summed E-state index contributed by atoms with van der Waals surface area (Å²) >= 11 is 0. The lowest BCUT2D eigenvalue weighted by atomic mass is 10.2. The lowest BCUT2D eigenvalue weighted by Gasteiger charge is -2.38. The summed E-state index contributed by atoms with van der Waals surface area (Å²) in [6, 6.07) is 0. The van der Waals surface area contributed by atoms with E-state index in [4.69, 9.17) is 9.16 Å². The molecule has 0 aliphatic rings. The van der Waals surface area contributed by atoms with Crippen molar-refractivity contribution in [2.75, 3.05) is 0 Å². The average Bonchev–Trinajstić information content (AvgIpc) is 2.11. The molecule has 0 radical (unpaired) electrons. The van der Waals surface area contributed by atoms with E-state index in [2.05, 4.69) is 40.4 Å². The van der Waals surface area contributed by atoms with Gasteiger partial charge in [0.2, 0.25) is 0 Å². The second-order valence-electron chi connectivity index (χ2n) is 7.44. The number of esters is 1. The van der Waals surface area contributed by atoms with E-state index < -0.39 is 13.9 Å². The van der Waals surface area contributed by atoms with Crippen LogP contribution in [0.3, 0.4) is 0 Å². The van der Waals surface area contributed by atoms with Crippen molar-refractivity contribution in [2.24, 2.45) is 0 Å². The fourth-order valence-electron chi connectivity index (χ4n) is 1.28. The molecule has 4 heteroatoms. The molecule has 0 aliphatic heterocycles. The van der Waals surface area contributed by atoms with E-state index >= 15 is 0 Å². The summed E-state index contributed by atoms with van der Waals surface area (Å²) in [6.45, 7) is 20.2. The van der Waals surface area contributed by atoms with Crippen LogP contribution in [0.25, 0.3) is 0 Å². The molecule has 0 spiro atoms. The van der Waals surface area contributed by atoms with Gasteiger partial charge in [0, 0.05) is 0 Å². The molecule has 0 heterocycles. The standard InChI is InChI=1S/C15H30O3Si/c1-10-12(11-13(16)17-14(2,3)4)18-19(8,9)15(5,6)7/h10,12H,1,11H2,2-9H3/t12-/m0/s1. The number of ether oxygens (including phenoxy) is 1. The van der Waals surface area contributed by atoms with Gasteiger partial charge in [-0.15, -0.1) is 6.58 Å². The molecule has 19 heavy (non-hydrogen) atoms.